The maximum Gasteiger partial charge on any atom is 0.251 e. The van der Waals surface area contributed by atoms with Gasteiger partial charge in [0, 0.05) is 0 Å². The van der Waals surface area contributed by atoms with Gasteiger partial charge in [0.25, 0.3) is 5.91 Å². The fraction of sp³-hybridized carbons (Fsp3) is 0.357. The number of anilines is 1. The predicted octanol–water partition coefficient (Wildman–Crippen LogP) is 1.11. The van der Waals surface area contributed by atoms with E-state index < -0.39 is 5.54 Å². The average Bonchev–Trinajstić information content (AvgIpc) is 2.34. The van der Waals surface area contributed by atoms with Gasteiger partial charge in [-0.1, -0.05) is 12.1 Å². The van der Waals surface area contributed by atoms with Crippen molar-refractivity contribution in [3.8, 4) is 6.07 Å². The maximum atomic E-state index is 12.0. The summed E-state index contributed by atoms with van der Waals surface area (Å²) in [7, 11) is 0. The molecule has 0 spiro atoms. The molecule has 1 aromatic rings. The lowest BCUT2D eigenvalue weighted by atomic mass is 9.95. The van der Waals surface area contributed by atoms with Crippen LogP contribution in [0.4, 0.5) is 5.69 Å². The number of carbonyl (C=O) groups is 2. The molecule has 1 saturated heterocycles. The van der Waals surface area contributed by atoms with Gasteiger partial charge in [-0.3, -0.25) is 14.9 Å². The molecule has 5 nitrogen and oxygen atoms in total. The number of nitrogens with one attached hydrogen (secondary N) is 1. The van der Waals surface area contributed by atoms with Crippen LogP contribution in [0.2, 0.25) is 0 Å². The molecule has 2 rings (SSSR count). The van der Waals surface area contributed by atoms with Gasteiger partial charge in [-0.05, 0) is 32.4 Å². The van der Waals surface area contributed by atoms with Crippen molar-refractivity contribution >= 4 is 17.5 Å². The lowest BCUT2D eigenvalue weighted by Crippen LogP contribution is -2.64. The molecule has 1 aliphatic rings. The molecule has 1 aromatic carbocycles. The van der Waals surface area contributed by atoms with Gasteiger partial charge in [-0.2, -0.15) is 5.26 Å². The van der Waals surface area contributed by atoms with E-state index in [1.807, 2.05) is 13.0 Å². The first-order valence-electron chi connectivity index (χ1n) is 5.99. The Hall–Kier alpha value is -2.35. The number of rotatable bonds is 1. The van der Waals surface area contributed by atoms with E-state index in [1.165, 1.54) is 0 Å². The molecule has 0 bridgehead atoms. The van der Waals surface area contributed by atoms with E-state index in [4.69, 9.17) is 0 Å². The monoisotopic (exact) mass is 257 g/mol. The number of aryl methyl sites for hydroxylation is 1. The van der Waals surface area contributed by atoms with E-state index in [1.54, 1.807) is 30.9 Å². The second kappa shape index (κ2) is 4.39. The van der Waals surface area contributed by atoms with Gasteiger partial charge in [-0.25, -0.2) is 0 Å². The number of nitrogens with zero attached hydrogens (tertiary/aromatic N) is 2. The number of hydrogen-bond donors (Lipinski definition) is 1. The minimum atomic E-state index is -0.869. The van der Waals surface area contributed by atoms with Gasteiger partial charge in [0.05, 0.1) is 17.8 Å². The Labute approximate surface area is 111 Å². The van der Waals surface area contributed by atoms with Gasteiger partial charge in [0.2, 0.25) is 5.91 Å². The van der Waals surface area contributed by atoms with Crippen LogP contribution >= 0.6 is 0 Å². The van der Waals surface area contributed by atoms with Gasteiger partial charge in [-0.15, -0.1) is 0 Å². The van der Waals surface area contributed by atoms with Crippen molar-refractivity contribution in [3.05, 3.63) is 29.3 Å². The third-order valence-corrected chi connectivity index (χ3v) is 3.41. The molecule has 1 fully saturated rings. The number of hydrogen-bond acceptors (Lipinski definition) is 4. The van der Waals surface area contributed by atoms with E-state index in [0.29, 0.717) is 11.3 Å². The zero-order valence-corrected chi connectivity index (χ0v) is 11.2. The maximum absolute atomic E-state index is 12.0. The summed E-state index contributed by atoms with van der Waals surface area (Å²) in [4.78, 5) is 25.3. The fourth-order valence-electron chi connectivity index (χ4n) is 2.25. The van der Waals surface area contributed by atoms with Crippen LogP contribution in [0.3, 0.4) is 0 Å². The van der Waals surface area contributed by atoms with Crippen molar-refractivity contribution in [1.82, 2.24) is 5.32 Å². The molecule has 0 saturated carbocycles. The van der Waals surface area contributed by atoms with Crippen molar-refractivity contribution < 1.29 is 9.59 Å². The molecule has 5 heteroatoms. The third-order valence-electron chi connectivity index (χ3n) is 3.41. The Bertz CT molecular complexity index is 599. The van der Waals surface area contributed by atoms with Crippen molar-refractivity contribution in [2.24, 2.45) is 0 Å². The Morgan fingerprint density at radius 3 is 2.68 bits per heavy atom. The van der Waals surface area contributed by atoms with Gasteiger partial charge in [0.15, 0.2) is 0 Å². The number of carbonyl (C=O) groups excluding carboxylic acids is 2. The molecule has 0 radical (unpaired) electrons. The molecule has 1 heterocycles. The van der Waals surface area contributed by atoms with Crippen LogP contribution in [-0.2, 0) is 9.59 Å². The molecule has 98 valence electrons. The minimum absolute atomic E-state index is 0.0677. The van der Waals surface area contributed by atoms with E-state index in [0.717, 1.165) is 5.56 Å². The van der Waals surface area contributed by atoms with Crippen molar-refractivity contribution in [2.75, 3.05) is 11.4 Å². The van der Waals surface area contributed by atoms with Gasteiger partial charge >= 0.3 is 0 Å². The molecule has 0 aromatic heterocycles. The third kappa shape index (κ3) is 2.06. The summed E-state index contributed by atoms with van der Waals surface area (Å²) in [5, 5.41) is 11.5. The second-order valence-corrected chi connectivity index (χ2v) is 5.11. The second-order valence-electron chi connectivity index (χ2n) is 5.11. The summed E-state index contributed by atoms with van der Waals surface area (Å²) in [6.07, 6.45) is 0. The normalized spacial score (nSPS) is 17.9. The first kappa shape index (κ1) is 13.1. The summed E-state index contributed by atoms with van der Waals surface area (Å²) < 4.78 is 0. The highest BCUT2D eigenvalue weighted by molar-refractivity contribution is 6.07. The summed E-state index contributed by atoms with van der Waals surface area (Å²) in [5.74, 6) is -0.702. The Kier molecular flexibility index (Phi) is 3.03. The summed E-state index contributed by atoms with van der Waals surface area (Å²) >= 11 is 0. The smallest absolute Gasteiger partial charge is 0.251 e. The molecule has 1 aliphatic heterocycles. The molecule has 1 N–H and O–H groups in total. The topological polar surface area (TPSA) is 73.2 Å². The number of amides is 2. The minimum Gasteiger partial charge on any atom is -0.347 e. The molecule has 2 amide bonds. The van der Waals surface area contributed by atoms with Crippen LogP contribution in [-0.4, -0.2) is 23.9 Å². The zero-order chi connectivity index (χ0) is 14.2. The highest BCUT2D eigenvalue weighted by Crippen LogP contribution is 2.32. The van der Waals surface area contributed by atoms with Crippen LogP contribution in [0.5, 0.6) is 0 Å². The van der Waals surface area contributed by atoms with Crippen LogP contribution in [0.1, 0.15) is 25.0 Å². The van der Waals surface area contributed by atoms with Crippen molar-refractivity contribution in [1.29, 1.82) is 5.26 Å². The number of piperazine rings is 1. The van der Waals surface area contributed by atoms with Gasteiger partial charge in [0.1, 0.15) is 11.6 Å². The average molecular weight is 257 g/mol. The lowest BCUT2D eigenvalue weighted by molar-refractivity contribution is -0.135. The summed E-state index contributed by atoms with van der Waals surface area (Å²) in [6, 6.07) is 7.46. The van der Waals surface area contributed by atoms with E-state index in [9.17, 15) is 14.9 Å². The Morgan fingerprint density at radius 2 is 2.05 bits per heavy atom. The molecular formula is C14H15N3O2. The number of para-hydroxylation sites is 1. The molecular weight excluding hydrogens is 242 g/mol. The largest absolute Gasteiger partial charge is 0.347 e. The first-order valence-corrected chi connectivity index (χ1v) is 5.99. The Morgan fingerprint density at radius 1 is 1.37 bits per heavy atom. The summed E-state index contributed by atoms with van der Waals surface area (Å²) in [5.41, 5.74) is 1.12. The van der Waals surface area contributed by atoms with Crippen molar-refractivity contribution in [2.45, 2.75) is 26.3 Å². The SMILES string of the molecule is Cc1cccc(C#N)c1N1CC(=O)NC(=O)C1(C)C. The number of benzene rings is 1. The van der Waals surface area contributed by atoms with E-state index >= 15 is 0 Å². The van der Waals surface area contributed by atoms with Crippen LogP contribution in [0.25, 0.3) is 0 Å². The van der Waals surface area contributed by atoms with Gasteiger partial charge < -0.3 is 4.90 Å². The van der Waals surface area contributed by atoms with E-state index in [2.05, 4.69) is 11.4 Å². The molecule has 0 atom stereocenters. The fourth-order valence-corrected chi connectivity index (χ4v) is 2.25. The predicted molar refractivity (Wildman–Crippen MR) is 70.5 cm³/mol. The lowest BCUT2D eigenvalue weighted by Gasteiger charge is -2.42. The number of imide groups is 1. The molecule has 0 aliphatic carbocycles. The van der Waals surface area contributed by atoms with Crippen LogP contribution < -0.4 is 10.2 Å². The van der Waals surface area contributed by atoms with Crippen LogP contribution in [0.15, 0.2) is 18.2 Å². The highest BCUT2D eigenvalue weighted by atomic mass is 16.2. The van der Waals surface area contributed by atoms with Crippen molar-refractivity contribution in [3.63, 3.8) is 0 Å². The summed E-state index contributed by atoms with van der Waals surface area (Å²) in [6.45, 7) is 5.41. The molecule has 19 heavy (non-hydrogen) atoms. The quantitative estimate of drug-likeness (QED) is 0.765. The Balaban J connectivity index is 2.60. The van der Waals surface area contributed by atoms with Crippen LogP contribution in [0, 0.1) is 18.3 Å². The standard InChI is InChI=1S/C14H15N3O2/c1-9-5-4-6-10(7-15)12(9)17-8-11(18)16-13(19)14(17,2)3/h4-6H,8H2,1-3H3,(H,16,18,19). The van der Waals surface area contributed by atoms with E-state index in [-0.39, 0.29) is 18.4 Å². The molecule has 0 unspecified atom stereocenters. The number of nitriles is 1. The zero-order valence-electron chi connectivity index (χ0n) is 11.2. The first-order chi connectivity index (χ1) is 8.87. The highest BCUT2D eigenvalue weighted by Gasteiger charge is 2.42.